The lowest BCUT2D eigenvalue weighted by atomic mass is 10.1. The number of carbonyl (C=O) groups excluding carboxylic acids is 1. The van der Waals surface area contributed by atoms with E-state index in [-0.39, 0.29) is 5.91 Å². The second-order valence-corrected chi connectivity index (χ2v) is 7.26. The zero-order valence-electron chi connectivity index (χ0n) is 15.1. The molecule has 4 heteroatoms. The van der Waals surface area contributed by atoms with E-state index < -0.39 is 0 Å². The Hall–Kier alpha value is -3.03. The van der Waals surface area contributed by atoms with Gasteiger partial charge in [-0.3, -0.25) is 4.79 Å². The standard InChI is InChI=1S/C23H20N2OS/c1-25(16-19-7-3-2-4-8-19)23(26)21-9-5-6-10-22(21)27-17-20-13-11-18(15-24)12-14-20/h2-14H,16-17H2,1H3. The molecule has 27 heavy (non-hydrogen) atoms. The minimum absolute atomic E-state index is 0.0155. The molecule has 0 fully saturated rings. The highest BCUT2D eigenvalue weighted by atomic mass is 32.2. The summed E-state index contributed by atoms with van der Waals surface area (Å²) in [5.74, 6) is 0.764. The SMILES string of the molecule is CN(Cc1ccccc1)C(=O)c1ccccc1SCc1ccc(C#N)cc1. The fourth-order valence-electron chi connectivity index (χ4n) is 2.74. The summed E-state index contributed by atoms with van der Waals surface area (Å²) in [7, 11) is 1.83. The first-order chi connectivity index (χ1) is 13.2. The third kappa shape index (κ3) is 4.99. The van der Waals surface area contributed by atoms with Crippen LogP contribution in [0.4, 0.5) is 0 Å². The molecular weight excluding hydrogens is 352 g/mol. The van der Waals surface area contributed by atoms with Crippen LogP contribution in [0.5, 0.6) is 0 Å². The Morgan fingerprint density at radius 3 is 2.30 bits per heavy atom. The van der Waals surface area contributed by atoms with Crippen molar-refractivity contribution in [3.63, 3.8) is 0 Å². The van der Waals surface area contributed by atoms with E-state index in [4.69, 9.17) is 5.26 Å². The first-order valence-electron chi connectivity index (χ1n) is 8.67. The zero-order valence-corrected chi connectivity index (χ0v) is 15.9. The van der Waals surface area contributed by atoms with Gasteiger partial charge in [0.2, 0.25) is 0 Å². The fourth-order valence-corrected chi connectivity index (χ4v) is 3.74. The lowest BCUT2D eigenvalue weighted by Crippen LogP contribution is -2.26. The average Bonchev–Trinajstić information content (AvgIpc) is 2.73. The minimum atomic E-state index is 0.0155. The Morgan fingerprint density at radius 2 is 1.59 bits per heavy atom. The molecule has 1 amide bonds. The van der Waals surface area contributed by atoms with Crippen LogP contribution >= 0.6 is 11.8 Å². The molecule has 3 aromatic carbocycles. The van der Waals surface area contributed by atoms with Gasteiger partial charge in [-0.25, -0.2) is 0 Å². The summed E-state index contributed by atoms with van der Waals surface area (Å²) in [6.07, 6.45) is 0. The molecule has 0 heterocycles. The van der Waals surface area contributed by atoms with Crippen LogP contribution in [-0.4, -0.2) is 17.9 Å². The van der Waals surface area contributed by atoms with Gasteiger partial charge in [0.15, 0.2) is 0 Å². The maximum absolute atomic E-state index is 12.9. The van der Waals surface area contributed by atoms with Crippen molar-refractivity contribution in [3.8, 4) is 6.07 Å². The predicted octanol–water partition coefficient (Wildman–Crippen LogP) is 5.12. The van der Waals surface area contributed by atoms with Gasteiger partial charge in [-0.2, -0.15) is 5.26 Å². The van der Waals surface area contributed by atoms with E-state index in [1.54, 1.807) is 16.7 Å². The third-order valence-electron chi connectivity index (χ3n) is 4.20. The summed E-state index contributed by atoms with van der Waals surface area (Å²) in [5, 5.41) is 8.89. The number of thioether (sulfide) groups is 1. The Labute approximate surface area is 164 Å². The van der Waals surface area contributed by atoms with E-state index in [0.717, 1.165) is 27.3 Å². The van der Waals surface area contributed by atoms with Crippen molar-refractivity contribution in [1.29, 1.82) is 5.26 Å². The van der Waals surface area contributed by atoms with Crippen molar-refractivity contribution < 1.29 is 4.79 Å². The number of nitriles is 1. The van der Waals surface area contributed by atoms with E-state index in [9.17, 15) is 4.79 Å². The van der Waals surface area contributed by atoms with Gasteiger partial charge in [-0.1, -0.05) is 54.6 Å². The van der Waals surface area contributed by atoms with Gasteiger partial charge in [0.25, 0.3) is 5.91 Å². The molecule has 3 nitrogen and oxygen atoms in total. The molecule has 3 rings (SSSR count). The zero-order chi connectivity index (χ0) is 19.1. The van der Waals surface area contributed by atoms with Gasteiger partial charge in [0.1, 0.15) is 0 Å². The predicted molar refractivity (Wildman–Crippen MR) is 109 cm³/mol. The maximum atomic E-state index is 12.9. The van der Waals surface area contributed by atoms with Crippen molar-refractivity contribution in [2.24, 2.45) is 0 Å². The highest BCUT2D eigenvalue weighted by Gasteiger charge is 2.16. The van der Waals surface area contributed by atoms with Gasteiger partial charge in [0.05, 0.1) is 17.2 Å². The molecule has 0 spiro atoms. The van der Waals surface area contributed by atoms with E-state index in [1.165, 1.54) is 0 Å². The van der Waals surface area contributed by atoms with Gasteiger partial charge < -0.3 is 4.90 Å². The molecule has 0 atom stereocenters. The summed E-state index contributed by atoms with van der Waals surface area (Å²) in [6.45, 7) is 0.578. The molecule has 0 aliphatic heterocycles. The number of rotatable bonds is 6. The van der Waals surface area contributed by atoms with Crippen molar-refractivity contribution >= 4 is 17.7 Å². The molecule has 0 aliphatic rings. The van der Waals surface area contributed by atoms with Gasteiger partial charge in [-0.05, 0) is 35.4 Å². The largest absolute Gasteiger partial charge is 0.337 e. The van der Waals surface area contributed by atoms with Crippen LogP contribution in [0.3, 0.4) is 0 Å². The molecule has 134 valence electrons. The fraction of sp³-hybridized carbons (Fsp3) is 0.130. The van der Waals surface area contributed by atoms with Crippen LogP contribution in [0.15, 0.2) is 83.8 Å². The van der Waals surface area contributed by atoms with Crippen LogP contribution in [0.1, 0.15) is 27.0 Å². The molecular formula is C23H20N2OS. The normalized spacial score (nSPS) is 10.2. The number of benzene rings is 3. The quantitative estimate of drug-likeness (QED) is 0.564. The molecule has 0 aliphatic carbocycles. The molecule has 0 saturated carbocycles. The summed E-state index contributed by atoms with van der Waals surface area (Å²) in [6, 6.07) is 27.4. The van der Waals surface area contributed by atoms with Crippen molar-refractivity contribution in [2.45, 2.75) is 17.2 Å². The summed E-state index contributed by atoms with van der Waals surface area (Å²) >= 11 is 1.64. The van der Waals surface area contributed by atoms with E-state index in [1.807, 2.05) is 85.9 Å². The smallest absolute Gasteiger partial charge is 0.255 e. The van der Waals surface area contributed by atoms with Crippen LogP contribution in [-0.2, 0) is 12.3 Å². The highest BCUT2D eigenvalue weighted by Crippen LogP contribution is 2.27. The number of hydrogen-bond acceptors (Lipinski definition) is 3. The molecule has 0 saturated heterocycles. The molecule has 3 aromatic rings. The van der Waals surface area contributed by atoms with Crippen LogP contribution in [0.25, 0.3) is 0 Å². The second-order valence-electron chi connectivity index (χ2n) is 6.24. The lowest BCUT2D eigenvalue weighted by molar-refractivity contribution is 0.0781. The van der Waals surface area contributed by atoms with Gasteiger partial charge in [-0.15, -0.1) is 11.8 Å². The number of carbonyl (C=O) groups is 1. The first-order valence-corrected chi connectivity index (χ1v) is 9.66. The summed E-state index contributed by atoms with van der Waals surface area (Å²) in [4.78, 5) is 15.7. The molecule has 0 unspecified atom stereocenters. The van der Waals surface area contributed by atoms with E-state index >= 15 is 0 Å². The molecule has 0 radical (unpaired) electrons. The Bertz CT molecular complexity index is 946. The molecule has 0 aromatic heterocycles. The van der Waals surface area contributed by atoms with Crippen molar-refractivity contribution in [3.05, 3.63) is 101 Å². The highest BCUT2D eigenvalue weighted by molar-refractivity contribution is 7.98. The van der Waals surface area contributed by atoms with Crippen LogP contribution < -0.4 is 0 Å². The minimum Gasteiger partial charge on any atom is -0.337 e. The topological polar surface area (TPSA) is 44.1 Å². The maximum Gasteiger partial charge on any atom is 0.255 e. The van der Waals surface area contributed by atoms with Crippen LogP contribution in [0, 0.1) is 11.3 Å². The van der Waals surface area contributed by atoms with E-state index in [0.29, 0.717) is 12.1 Å². The molecule has 0 N–H and O–H groups in total. The number of hydrogen-bond donors (Lipinski definition) is 0. The number of amides is 1. The monoisotopic (exact) mass is 372 g/mol. The summed E-state index contributed by atoms with van der Waals surface area (Å²) in [5.41, 5.74) is 3.60. The number of nitrogens with zero attached hydrogens (tertiary/aromatic N) is 2. The second kappa shape index (κ2) is 9.07. The first kappa shape index (κ1) is 18.8. The average molecular weight is 372 g/mol. The van der Waals surface area contributed by atoms with E-state index in [2.05, 4.69) is 6.07 Å². The van der Waals surface area contributed by atoms with Crippen molar-refractivity contribution in [2.75, 3.05) is 7.05 Å². The molecule has 0 bridgehead atoms. The lowest BCUT2D eigenvalue weighted by Gasteiger charge is -2.19. The van der Waals surface area contributed by atoms with Gasteiger partial charge >= 0.3 is 0 Å². The Kier molecular flexibility index (Phi) is 6.30. The third-order valence-corrected chi connectivity index (χ3v) is 5.35. The van der Waals surface area contributed by atoms with Crippen LogP contribution in [0.2, 0.25) is 0 Å². The van der Waals surface area contributed by atoms with Crippen molar-refractivity contribution in [1.82, 2.24) is 4.90 Å². The van der Waals surface area contributed by atoms with Gasteiger partial charge in [0, 0.05) is 24.2 Å². The Balaban J connectivity index is 1.70. The summed E-state index contributed by atoms with van der Waals surface area (Å²) < 4.78 is 0. The Morgan fingerprint density at radius 1 is 0.926 bits per heavy atom.